The van der Waals surface area contributed by atoms with Crippen LogP contribution in [0.2, 0.25) is 0 Å². The molecule has 0 radical (unpaired) electrons. The maximum atomic E-state index is 11.8. The molecule has 1 heterocycles. The number of esters is 1. The Morgan fingerprint density at radius 2 is 2.04 bits per heavy atom. The lowest BCUT2D eigenvalue weighted by molar-refractivity contribution is -0.143. The Balaban J connectivity index is 1.75. The Morgan fingerprint density at radius 1 is 1.19 bits per heavy atom. The van der Waals surface area contributed by atoms with Crippen molar-refractivity contribution < 1.29 is 23.8 Å². The molecule has 1 amide bonds. The van der Waals surface area contributed by atoms with E-state index in [4.69, 9.17) is 14.2 Å². The van der Waals surface area contributed by atoms with Crippen molar-refractivity contribution in [3.05, 3.63) is 52.2 Å². The van der Waals surface area contributed by atoms with Gasteiger partial charge in [0.05, 0.1) is 14.2 Å². The van der Waals surface area contributed by atoms with Crippen molar-refractivity contribution in [2.75, 3.05) is 27.4 Å². The second kappa shape index (κ2) is 10.2. The SMILES string of the molecule is COc1ccc(/C=C/C(=O)OCC(=O)NCCc2cccs2)c(OC)c1. The van der Waals surface area contributed by atoms with E-state index < -0.39 is 5.97 Å². The molecule has 0 fully saturated rings. The molecule has 1 aromatic carbocycles. The van der Waals surface area contributed by atoms with Crippen LogP contribution in [-0.2, 0) is 20.7 Å². The third-order valence-electron chi connectivity index (χ3n) is 3.46. The van der Waals surface area contributed by atoms with Gasteiger partial charge in [0.15, 0.2) is 6.61 Å². The van der Waals surface area contributed by atoms with Crippen molar-refractivity contribution in [3.8, 4) is 11.5 Å². The molecule has 0 aliphatic rings. The lowest BCUT2D eigenvalue weighted by Gasteiger charge is -2.07. The van der Waals surface area contributed by atoms with Crippen LogP contribution >= 0.6 is 11.3 Å². The van der Waals surface area contributed by atoms with Gasteiger partial charge in [0.1, 0.15) is 11.5 Å². The fourth-order valence-electron chi connectivity index (χ4n) is 2.13. The van der Waals surface area contributed by atoms with Crippen LogP contribution in [0, 0.1) is 0 Å². The zero-order valence-corrected chi connectivity index (χ0v) is 15.5. The Morgan fingerprint density at radius 3 is 2.73 bits per heavy atom. The lowest BCUT2D eigenvalue weighted by atomic mass is 10.2. The van der Waals surface area contributed by atoms with Crippen LogP contribution in [0.4, 0.5) is 0 Å². The molecule has 0 unspecified atom stereocenters. The summed E-state index contributed by atoms with van der Waals surface area (Å²) in [7, 11) is 3.10. The number of benzene rings is 1. The van der Waals surface area contributed by atoms with Gasteiger partial charge in [-0.2, -0.15) is 0 Å². The maximum Gasteiger partial charge on any atom is 0.331 e. The summed E-state index contributed by atoms with van der Waals surface area (Å²) in [5.74, 6) is 0.294. The van der Waals surface area contributed by atoms with E-state index in [0.717, 1.165) is 6.42 Å². The van der Waals surface area contributed by atoms with Crippen molar-refractivity contribution in [1.82, 2.24) is 5.32 Å². The Labute approximate surface area is 156 Å². The third-order valence-corrected chi connectivity index (χ3v) is 4.39. The molecule has 0 bridgehead atoms. The summed E-state index contributed by atoms with van der Waals surface area (Å²) in [4.78, 5) is 24.6. The molecule has 0 saturated carbocycles. The van der Waals surface area contributed by atoms with Crippen molar-refractivity contribution in [3.63, 3.8) is 0 Å². The summed E-state index contributed by atoms with van der Waals surface area (Å²) >= 11 is 1.64. The number of hydrogen-bond donors (Lipinski definition) is 1. The molecule has 0 spiro atoms. The zero-order valence-electron chi connectivity index (χ0n) is 14.7. The first kappa shape index (κ1) is 19.5. The highest BCUT2D eigenvalue weighted by Crippen LogP contribution is 2.25. The summed E-state index contributed by atoms with van der Waals surface area (Å²) in [5, 5.41) is 4.70. The average molecular weight is 375 g/mol. The van der Waals surface area contributed by atoms with Crippen LogP contribution in [0.5, 0.6) is 11.5 Å². The van der Waals surface area contributed by atoms with Gasteiger partial charge in [-0.3, -0.25) is 4.79 Å². The van der Waals surface area contributed by atoms with Gasteiger partial charge in [-0.25, -0.2) is 4.79 Å². The smallest absolute Gasteiger partial charge is 0.331 e. The first-order valence-corrected chi connectivity index (χ1v) is 8.86. The normalized spacial score (nSPS) is 10.5. The molecule has 0 saturated heterocycles. The summed E-state index contributed by atoms with van der Waals surface area (Å²) in [6, 6.07) is 9.21. The number of carbonyl (C=O) groups excluding carboxylic acids is 2. The van der Waals surface area contributed by atoms with Gasteiger partial charge in [-0.15, -0.1) is 11.3 Å². The number of thiophene rings is 1. The van der Waals surface area contributed by atoms with Crippen LogP contribution in [0.3, 0.4) is 0 Å². The molecule has 1 N–H and O–H groups in total. The van der Waals surface area contributed by atoms with Crippen molar-refractivity contribution in [2.45, 2.75) is 6.42 Å². The second-order valence-electron chi connectivity index (χ2n) is 5.23. The van der Waals surface area contributed by atoms with Gasteiger partial charge in [0, 0.05) is 29.1 Å². The molecule has 1 aromatic heterocycles. The number of amides is 1. The number of carbonyl (C=O) groups is 2. The van der Waals surface area contributed by atoms with E-state index in [0.29, 0.717) is 23.6 Å². The van der Waals surface area contributed by atoms with Gasteiger partial charge in [0.2, 0.25) is 0 Å². The largest absolute Gasteiger partial charge is 0.497 e. The summed E-state index contributed by atoms with van der Waals surface area (Å²) < 4.78 is 15.3. The highest BCUT2D eigenvalue weighted by Gasteiger charge is 2.06. The molecule has 26 heavy (non-hydrogen) atoms. The monoisotopic (exact) mass is 375 g/mol. The molecular formula is C19H21NO5S. The minimum atomic E-state index is -0.601. The molecule has 0 aliphatic heterocycles. The zero-order chi connectivity index (χ0) is 18.8. The second-order valence-corrected chi connectivity index (χ2v) is 6.26. The minimum absolute atomic E-state index is 0.312. The predicted molar refractivity (Wildman–Crippen MR) is 101 cm³/mol. The molecule has 7 heteroatoms. The summed E-state index contributed by atoms with van der Waals surface area (Å²) in [6.45, 7) is 0.198. The molecule has 0 atom stereocenters. The van der Waals surface area contributed by atoms with E-state index >= 15 is 0 Å². The molecule has 138 valence electrons. The van der Waals surface area contributed by atoms with Gasteiger partial charge in [0.25, 0.3) is 5.91 Å². The van der Waals surface area contributed by atoms with E-state index in [9.17, 15) is 9.59 Å². The van der Waals surface area contributed by atoms with Gasteiger partial charge < -0.3 is 19.5 Å². The highest BCUT2D eigenvalue weighted by molar-refractivity contribution is 7.09. The van der Waals surface area contributed by atoms with E-state index in [2.05, 4.69) is 5.32 Å². The fourth-order valence-corrected chi connectivity index (χ4v) is 2.84. The average Bonchev–Trinajstić information content (AvgIpc) is 3.18. The van der Waals surface area contributed by atoms with Crippen molar-refractivity contribution in [2.24, 2.45) is 0 Å². The molecule has 2 rings (SSSR count). The van der Waals surface area contributed by atoms with Gasteiger partial charge in [-0.1, -0.05) is 6.07 Å². The Kier molecular flexibility index (Phi) is 7.70. The number of methoxy groups -OCH3 is 2. The molecule has 6 nitrogen and oxygen atoms in total. The third kappa shape index (κ3) is 6.25. The van der Waals surface area contributed by atoms with Crippen LogP contribution in [0.15, 0.2) is 41.8 Å². The van der Waals surface area contributed by atoms with E-state index in [1.165, 1.54) is 18.1 Å². The summed E-state index contributed by atoms with van der Waals surface area (Å²) in [5.41, 5.74) is 0.700. The van der Waals surface area contributed by atoms with Gasteiger partial charge in [-0.05, 0) is 36.1 Å². The van der Waals surface area contributed by atoms with E-state index in [1.807, 2.05) is 17.5 Å². The number of hydrogen-bond acceptors (Lipinski definition) is 6. The summed E-state index contributed by atoms with van der Waals surface area (Å²) in [6.07, 6.45) is 3.58. The van der Waals surface area contributed by atoms with E-state index in [-0.39, 0.29) is 12.5 Å². The van der Waals surface area contributed by atoms with Gasteiger partial charge >= 0.3 is 5.97 Å². The first-order valence-electron chi connectivity index (χ1n) is 7.98. The minimum Gasteiger partial charge on any atom is -0.497 e. The molecule has 0 aliphatic carbocycles. The maximum absolute atomic E-state index is 11.8. The van der Waals surface area contributed by atoms with Crippen LogP contribution in [0.25, 0.3) is 6.08 Å². The molecular weight excluding hydrogens is 354 g/mol. The van der Waals surface area contributed by atoms with E-state index in [1.54, 1.807) is 42.7 Å². The van der Waals surface area contributed by atoms with Crippen molar-refractivity contribution >= 4 is 29.3 Å². The Bertz CT molecular complexity index is 755. The fraction of sp³-hybridized carbons (Fsp3) is 0.263. The lowest BCUT2D eigenvalue weighted by Crippen LogP contribution is -2.30. The topological polar surface area (TPSA) is 73.9 Å². The van der Waals surface area contributed by atoms with Crippen LogP contribution in [-0.4, -0.2) is 39.2 Å². The molecule has 2 aromatic rings. The first-order chi connectivity index (χ1) is 12.6. The van der Waals surface area contributed by atoms with Crippen LogP contribution in [0.1, 0.15) is 10.4 Å². The quantitative estimate of drug-likeness (QED) is 0.539. The highest BCUT2D eigenvalue weighted by atomic mass is 32.1. The number of nitrogens with one attached hydrogen (secondary N) is 1. The Hall–Kier alpha value is -2.80. The standard InChI is InChI=1S/C19H21NO5S/c1-23-15-7-5-14(17(12-15)24-2)6-8-19(22)25-13-18(21)20-10-9-16-4-3-11-26-16/h3-8,11-12H,9-10,13H2,1-2H3,(H,20,21)/b8-6+. The van der Waals surface area contributed by atoms with Crippen LogP contribution < -0.4 is 14.8 Å². The number of ether oxygens (including phenoxy) is 3. The van der Waals surface area contributed by atoms with Crippen molar-refractivity contribution in [1.29, 1.82) is 0 Å². The number of rotatable bonds is 9. The predicted octanol–water partition coefficient (Wildman–Crippen LogP) is 2.68.